The molecule has 166 valence electrons. The number of aromatic nitrogens is 1. The predicted octanol–water partition coefficient (Wildman–Crippen LogP) is 6.49. The van der Waals surface area contributed by atoms with Gasteiger partial charge in [0.15, 0.2) is 0 Å². The van der Waals surface area contributed by atoms with Gasteiger partial charge in [0.25, 0.3) is 0 Å². The van der Waals surface area contributed by atoms with Crippen molar-refractivity contribution in [1.29, 1.82) is 0 Å². The highest BCUT2D eigenvalue weighted by Gasteiger charge is 2.66. The molecule has 0 amide bonds. The second-order valence-electron chi connectivity index (χ2n) is 11.3. The number of methoxy groups -OCH3 is 1. The quantitative estimate of drug-likeness (QED) is 0.549. The van der Waals surface area contributed by atoms with E-state index in [4.69, 9.17) is 9.47 Å². The Hall–Kier alpha value is -1.97. The molecule has 6 atom stereocenters. The molecule has 1 aromatic heterocycles. The highest BCUT2D eigenvalue weighted by Crippen LogP contribution is 2.69. The van der Waals surface area contributed by atoms with Crippen molar-refractivity contribution in [3.05, 3.63) is 65.5 Å². The van der Waals surface area contributed by atoms with Gasteiger partial charge in [0.2, 0.25) is 0 Å². The minimum Gasteiger partial charge on any atom is -0.381 e. The maximum atomic E-state index is 7.32. The van der Waals surface area contributed by atoms with Crippen molar-refractivity contribution in [2.75, 3.05) is 7.11 Å². The fourth-order valence-corrected chi connectivity index (χ4v) is 8.43. The third-order valence-electron chi connectivity index (χ3n) is 10.0. The fraction of sp³-hybridized carbons (Fsp3) is 0.552. The van der Waals surface area contributed by atoms with Crippen LogP contribution in [-0.2, 0) is 9.47 Å². The Kier molecular flexibility index (Phi) is 3.99. The number of allylic oxidation sites excluding steroid dienone is 1. The summed E-state index contributed by atoms with van der Waals surface area (Å²) in [7, 11) is 1.87. The summed E-state index contributed by atoms with van der Waals surface area (Å²) in [5.74, 6) is 1.16. The van der Waals surface area contributed by atoms with Crippen molar-refractivity contribution in [3.63, 3.8) is 0 Å². The lowest BCUT2D eigenvalue weighted by Gasteiger charge is -2.54. The first-order chi connectivity index (χ1) is 15.6. The van der Waals surface area contributed by atoms with E-state index in [2.05, 4.69) is 48.3 Å². The van der Waals surface area contributed by atoms with Crippen LogP contribution in [0.5, 0.6) is 0 Å². The van der Waals surface area contributed by atoms with Gasteiger partial charge >= 0.3 is 0 Å². The number of fused-ring (bicyclic) bond motifs is 2. The minimum absolute atomic E-state index is 0.0682. The fourth-order valence-electron chi connectivity index (χ4n) is 8.43. The molecule has 2 bridgehead atoms. The van der Waals surface area contributed by atoms with Crippen LogP contribution in [0.4, 0.5) is 0 Å². The molecule has 1 saturated heterocycles. The first kappa shape index (κ1) is 19.5. The van der Waals surface area contributed by atoms with Crippen molar-refractivity contribution >= 4 is 10.8 Å². The van der Waals surface area contributed by atoms with Gasteiger partial charge in [-0.15, -0.1) is 0 Å². The number of hydrogen-bond acceptors (Lipinski definition) is 3. The zero-order valence-corrected chi connectivity index (χ0v) is 19.3. The van der Waals surface area contributed by atoms with Crippen molar-refractivity contribution in [2.45, 2.75) is 81.5 Å². The second kappa shape index (κ2) is 6.55. The molecule has 2 aromatic rings. The van der Waals surface area contributed by atoms with Gasteiger partial charge in [0, 0.05) is 31.3 Å². The second-order valence-corrected chi connectivity index (χ2v) is 11.3. The Morgan fingerprint density at radius 2 is 2.03 bits per heavy atom. The number of ether oxygens (including phenoxy) is 2. The molecular weight excluding hydrogens is 394 g/mol. The lowest BCUT2D eigenvalue weighted by atomic mass is 9.58. The summed E-state index contributed by atoms with van der Waals surface area (Å²) >= 11 is 0. The third kappa shape index (κ3) is 2.42. The van der Waals surface area contributed by atoms with Crippen LogP contribution in [0.1, 0.15) is 69.8 Å². The molecule has 5 aliphatic rings. The molecule has 3 heterocycles. The molecule has 0 N–H and O–H groups in total. The molecule has 32 heavy (non-hydrogen) atoms. The summed E-state index contributed by atoms with van der Waals surface area (Å²) in [6.07, 6.45) is 18.7. The summed E-state index contributed by atoms with van der Waals surface area (Å²) < 4.78 is 13.1. The van der Waals surface area contributed by atoms with Gasteiger partial charge in [0.05, 0.1) is 17.3 Å². The molecule has 0 radical (unpaired) electrons. The monoisotopic (exact) mass is 427 g/mol. The van der Waals surface area contributed by atoms with E-state index in [0.29, 0.717) is 17.9 Å². The zero-order valence-electron chi connectivity index (χ0n) is 19.3. The van der Waals surface area contributed by atoms with Crippen LogP contribution in [0.2, 0.25) is 0 Å². The standard InChI is InChI=1S/C29H33NO2/c1-27-11-9-23-16-22-5-6-24(31-2)17-28(22)12-13-29(23,32-28)26(27)8-7-25(27)20-4-3-19-10-14-30-18-21(19)15-20/h3-4,9-10,14-16,18,24-26H,5-8,11-13,17H2,1-2H3/t24-,25-,26-,27-,28?,29-/m1/s1. The summed E-state index contributed by atoms with van der Waals surface area (Å²) in [5.41, 5.74) is 4.62. The molecule has 2 aliphatic heterocycles. The molecule has 3 heteroatoms. The molecule has 7 rings (SSSR count). The van der Waals surface area contributed by atoms with E-state index in [1.807, 2.05) is 19.5 Å². The van der Waals surface area contributed by atoms with E-state index in [0.717, 1.165) is 32.1 Å². The Morgan fingerprint density at radius 1 is 1.09 bits per heavy atom. The predicted molar refractivity (Wildman–Crippen MR) is 127 cm³/mol. The first-order valence-electron chi connectivity index (χ1n) is 12.5. The van der Waals surface area contributed by atoms with E-state index >= 15 is 0 Å². The number of pyridine rings is 1. The van der Waals surface area contributed by atoms with Crippen molar-refractivity contribution < 1.29 is 9.47 Å². The summed E-state index contributed by atoms with van der Waals surface area (Å²) in [6, 6.07) is 9.17. The van der Waals surface area contributed by atoms with Crippen molar-refractivity contribution in [2.24, 2.45) is 11.3 Å². The van der Waals surface area contributed by atoms with Gasteiger partial charge in [-0.3, -0.25) is 4.98 Å². The molecular formula is C29H33NO2. The average molecular weight is 428 g/mol. The number of nitrogens with zero attached hydrogens (tertiary/aromatic N) is 1. The topological polar surface area (TPSA) is 31.4 Å². The van der Waals surface area contributed by atoms with Gasteiger partial charge in [-0.2, -0.15) is 0 Å². The van der Waals surface area contributed by atoms with E-state index in [9.17, 15) is 0 Å². The number of benzene rings is 1. The molecule has 3 aliphatic carbocycles. The molecule has 2 saturated carbocycles. The van der Waals surface area contributed by atoms with Crippen LogP contribution < -0.4 is 0 Å². The summed E-state index contributed by atoms with van der Waals surface area (Å²) in [6.45, 7) is 2.55. The highest BCUT2D eigenvalue weighted by molar-refractivity contribution is 5.82. The van der Waals surface area contributed by atoms with E-state index in [-0.39, 0.29) is 16.6 Å². The van der Waals surface area contributed by atoms with Crippen LogP contribution in [0.25, 0.3) is 10.8 Å². The SMILES string of the molecule is CO[C@@H]1CCC2=CC3=CC[C@]4(C)[C@@H](c5ccc6ccncc6c5)CC[C@H]4[C@@]34CCC2(C1)O4. The van der Waals surface area contributed by atoms with Crippen molar-refractivity contribution in [3.8, 4) is 0 Å². The normalized spacial score (nSPS) is 42.1. The molecule has 2 spiro atoms. The number of rotatable bonds is 2. The van der Waals surface area contributed by atoms with E-state index in [1.165, 1.54) is 41.2 Å². The Balaban J connectivity index is 1.29. The molecule has 3 fully saturated rings. The molecule has 3 nitrogen and oxygen atoms in total. The van der Waals surface area contributed by atoms with Crippen LogP contribution >= 0.6 is 0 Å². The minimum atomic E-state index is -0.0840. The van der Waals surface area contributed by atoms with Gasteiger partial charge in [0.1, 0.15) is 0 Å². The maximum absolute atomic E-state index is 7.32. The summed E-state index contributed by atoms with van der Waals surface area (Å²) in [4.78, 5) is 4.37. The Labute approximate surface area is 190 Å². The molecule has 1 unspecified atom stereocenters. The van der Waals surface area contributed by atoms with Crippen molar-refractivity contribution in [1.82, 2.24) is 4.98 Å². The molecule has 1 aromatic carbocycles. The van der Waals surface area contributed by atoms with Crippen LogP contribution in [-0.4, -0.2) is 29.4 Å². The lowest BCUT2D eigenvalue weighted by molar-refractivity contribution is -0.147. The highest BCUT2D eigenvalue weighted by atomic mass is 16.5. The zero-order chi connectivity index (χ0) is 21.6. The lowest BCUT2D eigenvalue weighted by Crippen LogP contribution is -2.54. The smallest absolute Gasteiger partial charge is 0.0974 e. The van der Waals surface area contributed by atoms with Gasteiger partial charge in [-0.25, -0.2) is 0 Å². The van der Waals surface area contributed by atoms with Crippen LogP contribution in [0.15, 0.2) is 60.0 Å². The van der Waals surface area contributed by atoms with Crippen LogP contribution in [0.3, 0.4) is 0 Å². The number of hydrogen-bond donors (Lipinski definition) is 0. The van der Waals surface area contributed by atoms with E-state index in [1.54, 1.807) is 5.57 Å². The third-order valence-corrected chi connectivity index (χ3v) is 10.0. The Morgan fingerprint density at radius 3 is 2.94 bits per heavy atom. The largest absolute Gasteiger partial charge is 0.381 e. The van der Waals surface area contributed by atoms with Crippen LogP contribution in [0, 0.1) is 11.3 Å². The summed E-state index contributed by atoms with van der Waals surface area (Å²) in [5, 5.41) is 2.54. The van der Waals surface area contributed by atoms with E-state index < -0.39 is 0 Å². The average Bonchev–Trinajstić information content (AvgIpc) is 3.33. The van der Waals surface area contributed by atoms with Gasteiger partial charge < -0.3 is 9.47 Å². The van der Waals surface area contributed by atoms with Gasteiger partial charge in [-0.05, 0) is 96.4 Å². The Bertz CT molecular complexity index is 1170. The van der Waals surface area contributed by atoms with Gasteiger partial charge in [-0.1, -0.05) is 31.2 Å². The first-order valence-corrected chi connectivity index (χ1v) is 12.5. The maximum Gasteiger partial charge on any atom is 0.0974 e.